The predicted molar refractivity (Wildman–Crippen MR) is 139 cm³/mol. The first-order chi connectivity index (χ1) is 17.7. The molecular formula is C25H24Cl2FN5O4. The number of nitrogens with zero attached hydrogens (tertiary/aromatic N) is 3. The molecule has 0 bridgehead atoms. The molecule has 1 fully saturated rings. The van der Waals surface area contributed by atoms with Crippen molar-refractivity contribution in [2.75, 3.05) is 25.5 Å². The highest BCUT2D eigenvalue weighted by Gasteiger charge is 2.26. The molecule has 1 aliphatic rings. The Morgan fingerprint density at radius 2 is 1.89 bits per heavy atom. The molecule has 0 spiro atoms. The Bertz CT molecular complexity index is 1380. The number of ether oxygens (including phenoxy) is 2. The van der Waals surface area contributed by atoms with Gasteiger partial charge in [0.05, 0.1) is 34.1 Å². The van der Waals surface area contributed by atoms with Gasteiger partial charge in [-0.05, 0) is 18.2 Å². The maximum Gasteiger partial charge on any atom is 0.269 e. The number of aromatic nitrogens is 2. The summed E-state index contributed by atoms with van der Waals surface area (Å²) in [6.07, 6.45) is 2.27. The number of methoxy groups -OCH3 is 1. The molecule has 37 heavy (non-hydrogen) atoms. The number of carbonyl (C=O) groups is 2. The van der Waals surface area contributed by atoms with Gasteiger partial charge in [-0.1, -0.05) is 29.8 Å². The number of benzene rings is 2. The monoisotopic (exact) mass is 547 g/mol. The lowest BCUT2D eigenvalue weighted by molar-refractivity contribution is -0.130. The zero-order chi connectivity index (χ0) is 26.7. The van der Waals surface area contributed by atoms with Crippen LogP contribution in [0.15, 0.2) is 42.9 Å². The van der Waals surface area contributed by atoms with Gasteiger partial charge in [-0.2, -0.15) is 0 Å². The second-order valence-corrected chi connectivity index (χ2v) is 9.14. The largest absolute Gasteiger partial charge is 0.493 e. The van der Waals surface area contributed by atoms with Crippen molar-refractivity contribution >= 4 is 57.4 Å². The van der Waals surface area contributed by atoms with E-state index in [1.165, 1.54) is 32.5 Å². The molecule has 0 unspecified atom stereocenters. The van der Waals surface area contributed by atoms with Gasteiger partial charge in [-0.25, -0.2) is 14.4 Å². The Labute approximate surface area is 222 Å². The van der Waals surface area contributed by atoms with Crippen molar-refractivity contribution in [3.05, 3.63) is 58.7 Å². The van der Waals surface area contributed by atoms with Crippen LogP contribution in [0.5, 0.6) is 11.5 Å². The molecule has 4 rings (SSSR count). The van der Waals surface area contributed by atoms with Crippen molar-refractivity contribution in [1.29, 1.82) is 0 Å². The topological polar surface area (TPSA) is 106 Å². The molecule has 1 saturated heterocycles. The summed E-state index contributed by atoms with van der Waals surface area (Å²) in [4.78, 5) is 33.9. The van der Waals surface area contributed by atoms with Gasteiger partial charge in [0.25, 0.3) is 5.91 Å². The second-order valence-electron chi connectivity index (χ2n) is 8.36. The van der Waals surface area contributed by atoms with Gasteiger partial charge in [0.2, 0.25) is 5.91 Å². The lowest BCUT2D eigenvalue weighted by atomic mass is 10.1. The van der Waals surface area contributed by atoms with Gasteiger partial charge in [-0.3, -0.25) is 9.59 Å². The summed E-state index contributed by atoms with van der Waals surface area (Å²) in [6, 6.07) is 6.38. The summed E-state index contributed by atoms with van der Waals surface area (Å²) < 4.78 is 26.4. The number of amides is 2. The average Bonchev–Trinajstić information content (AvgIpc) is 2.88. The van der Waals surface area contributed by atoms with Gasteiger partial charge >= 0.3 is 0 Å². The first kappa shape index (κ1) is 26.4. The third-order valence-corrected chi connectivity index (χ3v) is 6.60. The molecule has 1 aromatic heterocycles. The number of carbonyl (C=O) groups excluding carboxylic acids is 2. The van der Waals surface area contributed by atoms with Crippen molar-refractivity contribution in [3.63, 3.8) is 0 Å². The van der Waals surface area contributed by atoms with E-state index in [4.69, 9.17) is 32.7 Å². The molecule has 0 saturated carbocycles. The molecular weight excluding hydrogens is 524 g/mol. The molecule has 0 radical (unpaired) electrons. The molecule has 0 aliphatic carbocycles. The van der Waals surface area contributed by atoms with Gasteiger partial charge in [0.1, 0.15) is 18.2 Å². The van der Waals surface area contributed by atoms with Gasteiger partial charge in [-0.15, -0.1) is 0 Å². The Balaban J connectivity index is 1.54. The van der Waals surface area contributed by atoms with Gasteiger partial charge in [0, 0.05) is 44.3 Å². The molecule has 2 amide bonds. The van der Waals surface area contributed by atoms with Crippen molar-refractivity contribution in [3.8, 4) is 11.5 Å². The van der Waals surface area contributed by atoms with Gasteiger partial charge < -0.3 is 25.0 Å². The van der Waals surface area contributed by atoms with Crippen LogP contribution in [-0.4, -0.2) is 53.0 Å². The highest BCUT2D eigenvalue weighted by atomic mass is 35.5. The minimum absolute atomic E-state index is 0.0431. The first-order valence-corrected chi connectivity index (χ1v) is 12.1. The van der Waals surface area contributed by atoms with Crippen molar-refractivity contribution < 1.29 is 23.5 Å². The van der Waals surface area contributed by atoms with Crippen LogP contribution in [0.1, 0.15) is 19.8 Å². The molecule has 1 aliphatic heterocycles. The normalized spacial score (nSPS) is 13.8. The lowest BCUT2D eigenvalue weighted by Crippen LogP contribution is -2.44. The third-order valence-electron chi connectivity index (χ3n) is 5.82. The van der Waals surface area contributed by atoms with Crippen molar-refractivity contribution in [1.82, 2.24) is 20.2 Å². The number of hydrogen-bond acceptors (Lipinski definition) is 7. The number of halogens is 3. The van der Waals surface area contributed by atoms with Crippen LogP contribution < -0.4 is 20.1 Å². The summed E-state index contributed by atoms with van der Waals surface area (Å²) in [6.45, 7) is 5.83. The van der Waals surface area contributed by atoms with E-state index in [0.717, 1.165) is 0 Å². The summed E-state index contributed by atoms with van der Waals surface area (Å²) in [5.74, 6) is -0.107. The average molecular weight is 548 g/mol. The molecule has 3 aromatic rings. The Kier molecular flexibility index (Phi) is 7.99. The van der Waals surface area contributed by atoms with E-state index < -0.39 is 5.82 Å². The second kappa shape index (κ2) is 11.2. The van der Waals surface area contributed by atoms with E-state index in [1.54, 1.807) is 17.0 Å². The lowest BCUT2D eigenvalue weighted by Gasteiger charge is -2.32. The maximum absolute atomic E-state index is 14.6. The number of anilines is 2. The van der Waals surface area contributed by atoms with Crippen molar-refractivity contribution in [2.24, 2.45) is 0 Å². The third kappa shape index (κ3) is 5.86. The number of likely N-dealkylation sites (tertiary alicyclic amines) is 1. The summed E-state index contributed by atoms with van der Waals surface area (Å²) >= 11 is 11.8. The Morgan fingerprint density at radius 3 is 2.57 bits per heavy atom. The fraction of sp³-hybridized carbons (Fsp3) is 0.280. The number of fused-ring (bicyclic) bond motifs is 1. The van der Waals surface area contributed by atoms with Gasteiger partial charge in [0.15, 0.2) is 17.3 Å². The van der Waals surface area contributed by atoms with Crippen LogP contribution in [0.3, 0.4) is 0 Å². The Morgan fingerprint density at radius 1 is 1.16 bits per heavy atom. The Hall–Kier alpha value is -3.63. The van der Waals surface area contributed by atoms with Crippen LogP contribution in [0.25, 0.3) is 10.9 Å². The molecule has 9 nitrogen and oxygen atoms in total. The number of piperidine rings is 1. The van der Waals surface area contributed by atoms with E-state index in [9.17, 15) is 14.0 Å². The zero-order valence-corrected chi connectivity index (χ0v) is 21.6. The molecule has 2 heterocycles. The van der Waals surface area contributed by atoms with Crippen LogP contribution in [0, 0.1) is 5.82 Å². The van der Waals surface area contributed by atoms with Crippen LogP contribution >= 0.6 is 23.2 Å². The highest BCUT2D eigenvalue weighted by Crippen LogP contribution is 2.37. The minimum atomic E-state index is -0.701. The number of hydrogen-bond donors (Lipinski definition) is 2. The predicted octanol–water partition coefficient (Wildman–Crippen LogP) is 4.85. The van der Waals surface area contributed by atoms with E-state index in [1.807, 2.05) is 0 Å². The summed E-state index contributed by atoms with van der Waals surface area (Å²) in [7, 11) is 1.52. The molecule has 2 N–H and O–H groups in total. The van der Waals surface area contributed by atoms with Crippen LogP contribution in [0.2, 0.25) is 10.0 Å². The van der Waals surface area contributed by atoms with E-state index in [0.29, 0.717) is 54.2 Å². The molecule has 0 atom stereocenters. The quantitative estimate of drug-likeness (QED) is 0.321. The molecule has 2 aromatic carbocycles. The SMILES string of the molecule is C=C(NC(C)=O)C(=O)N1CCC(Oc2cc3c(Nc4ccc(Cl)c(Cl)c4F)ncnc3cc2OC)CC1. The van der Waals surface area contributed by atoms with E-state index >= 15 is 0 Å². The highest BCUT2D eigenvalue weighted by molar-refractivity contribution is 6.42. The van der Waals surface area contributed by atoms with E-state index in [-0.39, 0.29) is 39.3 Å². The fourth-order valence-corrected chi connectivity index (χ4v) is 4.29. The number of nitrogens with one attached hydrogen (secondary N) is 2. The summed E-state index contributed by atoms with van der Waals surface area (Å²) in [5, 5.41) is 5.85. The molecule has 194 valence electrons. The fourth-order valence-electron chi connectivity index (χ4n) is 3.98. The summed E-state index contributed by atoms with van der Waals surface area (Å²) in [5.41, 5.74) is 0.700. The minimum Gasteiger partial charge on any atom is -0.493 e. The van der Waals surface area contributed by atoms with Crippen molar-refractivity contribution in [2.45, 2.75) is 25.9 Å². The number of rotatable bonds is 7. The smallest absolute Gasteiger partial charge is 0.269 e. The van der Waals surface area contributed by atoms with Crippen LogP contribution in [-0.2, 0) is 9.59 Å². The van der Waals surface area contributed by atoms with Crippen LogP contribution in [0.4, 0.5) is 15.9 Å². The molecule has 12 heteroatoms. The van der Waals surface area contributed by atoms with E-state index in [2.05, 4.69) is 27.2 Å². The maximum atomic E-state index is 14.6. The standard InChI is InChI=1S/C25H24Cl2FN5O4/c1-13(31-14(2)34)25(35)33-8-6-15(7-9-33)37-21-10-16-19(11-20(21)36-3)29-12-30-24(16)32-18-5-4-17(26)22(27)23(18)28/h4-5,10-12,15H,1,6-9H2,2-3H3,(H,31,34)(H,29,30,32). The first-order valence-electron chi connectivity index (χ1n) is 11.3. The zero-order valence-electron chi connectivity index (χ0n) is 20.1.